The minimum Gasteiger partial charge on any atom is -0.479 e. The molecule has 82 valence electrons. The van der Waals surface area contributed by atoms with Crippen molar-refractivity contribution in [3.05, 3.63) is 0 Å². The first kappa shape index (κ1) is 16.5. The Morgan fingerprint density at radius 2 is 1.50 bits per heavy atom. The van der Waals surface area contributed by atoms with Crippen LogP contribution in [0, 0.1) is 0 Å². The third kappa shape index (κ3) is 4.53. The Morgan fingerprint density at radius 1 is 1.07 bits per heavy atom. The molecule has 7 nitrogen and oxygen atoms in total. The number of aliphatic hydroxyl groups excluding tert-OH is 5. The normalized spacial score (nSPS) is 18.9. The molecule has 0 amide bonds. The van der Waals surface area contributed by atoms with E-state index in [0.717, 1.165) is 0 Å². The standard InChI is InChI=1S/C6H12O7.Sn/c7-1-2(8)3(9)4(10)5(11)6(12)13;/h2-5,7-11H,1H2,(H,12,13);/t2-,3-,4+,5-;/m1./s1. The topological polar surface area (TPSA) is 138 Å². The van der Waals surface area contributed by atoms with Crippen molar-refractivity contribution < 1.29 is 35.4 Å². The number of rotatable bonds is 5. The van der Waals surface area contributed by atoms with Gasteiger partial charge in [-0.1, -0.05) is 0 Å². The van der Waals surface area contributed by atoms with Crippen LogP contribution in [0.25, 0.3) is 0 Å². The SMILES string of the molecule is O=C(O)[C@H](O)[C@@H](O)[C@H](O)[C@H](O)CO.[Sn]. The second kappa shape index (κ2) is 7.37. The third-order valence-electron chi connectivity index (χ3n) is 1.51. The van der Waals surface area contributed by atoms with Crippen LogP contribution in [0.1, 0.15) is 0 Å². The van der Waals surface area contributed by atoms with E-state index < -0.39 is 37.0 Å². The summed E-state index contributed by atoms with van der Waals surface area (Å²) in [4.78, 5) is 10.1. The molecular weight excluding hydrogens is 303 g/mol. The van der Waals surface area contributed by atoms with Crippen LogP contribution in [0.3, 0.4) is 0 Å². The van der Waals surface area contributed by atoms with Gasteiger partial charge in [-0.05, 0) is 0 Å². The molecular formula is C6H12O7Sn. The van der Waals surface area contributed by atoms with Gasteiger partial charge < -0.3 is 30.6 Å². The van der Waals surface area contributed by atoms with Gasteiger partial charge in [-0.3, -0.25) is 0 Å². The van der Waals surface area contributed by atoms with E-state index in [1.54, 1.807) is 0 Å². The average Bonchev–Trinajstić information content (AvgIpc) is 2.12. The van der Waals surface area contributed by atoms with Crippen molar-refractivity contribution in [2.24, 2.45) is 0 Å². The van der Waals surface area contributed by atoms with Crippen LogP contribution in [0.4, 0.5) is 0 Å². The summed E-state index contributed by atoms with van der Waals surface area (Å²) >= 11 is 0. The monoisotopic (exact) mass is 316 g/mol. The van der Waals surface area contributed by atoms with Gasteiger partial charge in [0, 0.05) is 23.9 Å². The molecule has 0 spiro atoms. The Kier molecular flexibility index (Phi) is 8.69. The summed E-state index contributed by atoms with van der Waals surface area (Å²) in [5.74, 6) is -1.73. The fourth-order valence-electron chi connectivity index (χ4n) is 0.668. The number of carbonyl (C=O) groups is 1. The summed E-state index contributed by atoms with van der Waals surface area (Å²) in [6, 6.07) is 0. The minimum atomic E-state index is -2.20. The smallest absolute Gasteiger partial charge is 0.335 e. The molecule has 0 aliphatic heterocycles. The number of hydrogen-bond donors (Lipinski definition) is 6. The zero-order valence-corrected chi connectivity index (χ0v) is 9.96. The molecule has 0 aromatic rings. The van der Waals surface area contributed by atoms with Crippen molar-refractivity contribution in [1.82, 2.24) is 0 Å². The van der Waals surface area contributed by atoms with E-state index in [4.69, 9.17) is 30.6 Å². The quantitative estimate of drug-likeness (QED) is 0.285. The summed E-state index contributed by atoms with van der Waals surface area (Å²) in [5, 5.41) is 51.8. The summed E-state index contributed by atoms with van der Waals surface area (Å²) in [5.41, 5.74) is 0. The van der Waals surface area contributed by atoms with Gasteiger partial charge in [0.15, 0.2) is 6.10 Å². The van der Waals surface area contributed by atoms with Gasteiger partial charge in [-0.25, -0.2) is 4.79 Å². The first-order chi connectivity index (χ1) is 5.91. The van der Waals surface area contributed by atoms with E-state index >= 15 is 0 Å². The number of carboxylic acids is 1. The number of hydrogen-bond acceptors (Lipinski definition) is 6. The van der Waals surface area contributed by atoms with Gasteiger partial charge in [0.25, 0.3) is 0 Å². The first-order valence-corrected chi connectivity index (χ1v) is 3.47. The molecule has 0 aromatic heterocycles. The molecule has 4 radical (unpaired) electrons. The maximum Gasteiger partial charge on any atom is 0.335 e. The molecule has 6 N–H and O–H groups in total. The van der Waals surface area contributed by atoms with Crippen molar-refractivity contribution >= 4 is 29.9 Å². The summed E-state index contributed by atoms with van der Waals surface area (Å²) in [6.07, 6.45) is -7.84. The van der Waals surface area contributed by atoms with E-state index in [9.17, 15) is 4.79 Å². The van der Waals surface area contributed by atoms with Crippen LogP contribution < -0.4 is 0 Å². The minimum absolute atomic E-state index is 0. The van der Waals surface area contributed by atoms with Crippen LogP contribution >= 0.6 is 0 Å². The molecule has 0 rings (SSSR count). The summed E-state index contributed by atoms with van der Waals surface area (Å²) < 4.78 is 0. The molecule has 0 aliphatic carbocycles. The van der Waals surface area contributed by atoms with Gasteiger partial charge >= 0.3 is 5.97 Å². The predicted octanol–water partition coefficient (Wildman–Crippen LogP) is -3.87. The number of carboxylic acid groups (broad SMARTS) is 1. The Bertz CT molecular complexity index is 176. The molecule has 0 heterocycles. The zero-order valence-electron chi connectivity index (χ0n) is 7.11. The summed E-state index contributed by atoms with van der Waals surface area (Å²) in [6.45, 7) is -0.843. The van der Waals surface area contributed by atoms with Gasteiger partial charge in [0.1, 0.15) is 18.3 Å². The van der Waals surface area contributed by atoms with Gasteiger partial charge in [-0.2, -0.15) is 0 Å². The van der Waals surface area contributed by atoms with Gasteiger partial charge in [0.2, 0.25) is 0 Å². The van der Waals surface area contributed by atoms with Crippen molar-refractivity contribution in [3.63, 3.8) is 0 Å². The average molecular weight is 315 g/mol. The third-order valence-corrected chi connectivity index (χ3v) is 1.51. The molecule has 0 bridgehead atoms. The number of aliphatic hydroxyl groups is 5. The summed E-state index contributed by atoms with van der Waals surface area (Å²) in [7, 11) is 0. The molecule has 4 atom stereocenters. The zero-order chi connectivity index (χ0) is 10.6. The van der Waals surface area contributed by atoms with E-state index in [1.165, 1.54) is 0 Å². The molecule has 0 saturated carbocycles. The van der Waals surface area contributed by atoms with Crippen molar-refractivity contribution in [3.8, 4) is 0 Å². The largest absolute Gasteiger partial charge is 0.479 e. The second-order valence-electron chi connectivity index (χ2n) is 2.51. The van der Waals surface area contributed by atoms with Crippen LogP contribution in [0.5, 0.6) is 0 Å². The van der Waals surface area contributed by atoms with Crippen LogP contribution in [0.2, 0.25) is 0 Å². The van der Waals surface area contributed by atoms with Gasteiger partial charge in [0.05, 0.1) is 6.61 Å². The van der Waals surface area contributed by atoms with E-state index in [-0.39, 0.29) is 23.9 Å². The van der Waals surface area contributed by atoms with Crippen LogP contribution in [-0.2, 0) is 4.79 Å². The fourth-order valence-corrected chi connectivity index (χ4v) is 0.668. The van der Waals surface area contributed by atoms with Crippen molar-refractivity contribution in [2.75, 3.05) is 6.61 Å². The molecule has 14 heavy (non-hydrogen) atoms. The maximum atomic E-state index is 10.1. The fraction of sp³-hybridized carbons (Fsp3) is 0.833. The Hall–Kier alpha value is 0.0687. The molecule has 8 heteroatoms. The second-order valence-corrected chi connectivity index (χ2v) is 2.51. The Labute approximate surface area is 96.6 Å². The van der Waals surface area contributed by atoms with Crippen LogP contribution in [-0.4, -0.2) is 91.5 Å². The predicted molar refractivity (Wildman–Crippen MR) is 44.5 cm³/mol. The first-order valence-electron chi connectivity index (χ1n) is 3.47. The maximum absolute atomic E-state index is 10.1. The molecule has 0 fully saturated rings. The molecule has 0 saturated heterocycles. The van der Waals surface area contributed by atoms with Gasteiger partial charge in [-0.15, -0.1) is 0 Å². The van der Waals surface area contributed by atoms with E-state index in [2.05, 4.69) is 0 Å². The van der Waals surface area contributed by atoms with Crippen LogP contribution in [0.15, 0.2) is 0 Å². The molecule has 0 unspecified atom stereocenters. The molecule has 0 aromatic carbocycles. The van der Waals surface area contributed by atoms with E-state index in [1.807, 2.05) is 0 Å². The Balaban J connectivity index is 0. The molecule has 0 aliphatic rings. The van der Waals surface area contributed by atoms with Crippen molar-refractivity contribution in [2.45, 2.75) is 24.4 Å². The Morgan fingerprint density at radius 3 is 1.79 bits per heavy atom. The van der Waals surface area contributed by atoms with Crippen molar-refractivity contribution in [1.29, 1.82) is 0 Å². The number of aliphatic carboxylic acids is 1. The van der Waals surface area contributed by atoms with E-state index in [0.29, 0.717) is 0 Å².